The van der Waals surface area contributed by atoms with Crippen LogP contribution in [0.25, 0.3) is 77.6 Å². The standard InChI is InChI=1S/C40H26N4/c1-3-11-27(12-4-1)28-19-21-29(22-20-28)38-33-16-7-9-17-35(33)41-40(42-38)44-37-18-10-8-15-31(37)32-23-24-36-34(39(32)44)25-26-43(36)30-13-5-2-6-14-30/h1-26H. The number of rotatable bonds is 4. The maximum atomic E-state index is 5.33. The summed E-state index contributed by atoms with van der Waals surface area (Å²) in [6.07, 6.45) is 2.16. The van der Waals surface area contributed by atoms with Crippen molar-refractivity contribution in [1.29, 1.82) is 0 Å². The minimum absolute atomic E-state index is 0.664. The number of fused-ring (bicyclic) bond motifs is 6. The van der Waals surface area contributed by atoms with Crippen LogP contribution < -0.4 is 0 Å². The van der Waals surface area contributed by atoms with Gasteiger partial charge in [0.15, 0.2) is 0 Å². The maximum Gasteiger partial charge on any atom is 0.235 e. The Labute approximate surface area is 254 Å². The fourth-order valence-corrected chi connectivity index (χ4v) is 6.53. The largest absolute Gasteiger partial charge is 0.316 e. The molecule has 4 heteroatoms. The highest BCUT2D eigenvalue weighted by atomic mass is 15.2. The third-order valence-electron chi connectivity index (χ3n) is 8.59. The van der Waals surface area contributed by atoms with E-state index in [0.29, 0.717) is 5.95 Å². The summed E-state index contributed by atoms with van der Waals surface area (Å²) in [5, 5.41) is 4.56. The summed E-state index contributed by atoms with van der Waals surface area (Å²) < 4.78 is 4.49. The SMILES string of the molecule is c1ccc(-c2ccc(-c3nc(-n4c5ccccc5c5ccc6c(ccn6-c6ccccc6)c54)nc4ccccc34)cc2)cc1. The minimum Gasteiger partial charge on any atom is -0.316 e. The lowest BCUT2D eigenvalue weighted by molar-refractivity contribution is 1.02. The predicted octanol–water partition coefficient (Wildman–Crippen LogP) is 10.0. The number of para-hydroxylation sites is 3. The molecule has 0 fully saturated rings. The number of aromatic nitrogens is 4. The predicted molar refractivity (Wildman–Crippen MR) is 182 cm³/mol. The molecule has 206 valence electrons. The molecular weight excluding hydrogens is 536 g/mol. The Morgan fingerprint density at radius 3 is 1.89 bits per heavy atom. The van der Waals surface area contributed by atoms with Crippen LogP contribution in [0.2, 0.25) is 0 Å². The van der Waals surface area contributed by atoms with Crippen LogP contribution in [0.3, 0.4) is 0 Å². The molecule has 0 N–H and O–H groups in total. The van der Waals surface area contributed by atoms with Gasteiger partial charge in [0.25, 0.3) is 0 Å². The van der Waals surface area contributed by atoms with Gasteiger partial charge in [0.05, 0.1) is 27.8 Å². The summed E-state index contributed by atoms with van der Waals surface area (Å²) in [4.78, 5) is 10.5. The van der Waals surface area contributed by atoms with Gasteiger partial charge >= 0.3 is 0 Å². The van der Waals surface area contributed by atoms with Gasteiger partial charge in [0.1, 0.15) is 0 Å². The number of hydrogen-bond donors (Lipinski definition) is 0. The summed E-state index contributed by atoms with van der Waals surface area (Å²) in [6.45, 7) is 0. The van der Waals surface area contributed by atoms with Crippen LogP contribution in [0, 0.1) is 0 Å². The van der Waals surface area contributed by atoms with Crippen molar-refractivity contribution in [2.45, 2.75) is 0 Å². The Bertz CT molecular complexity index is 2470. The van der Waals surface area contributed by atoms with Gasteiger partial charge in [-0.15, -0.1) is 0 Å². The average molecular weight is 563 g/mol. The van der Waals surface area contributed by atoms with Crippen molar-refractivity contribution in [2.24, 2.45) is 0 Å². The first-order valence-corrected chi connectivity index (χ1v) is 14.9. The van der Waals surface area contributed by atoms with Gasteiger partial charge < -0.3 is 4.57 Å². The summed E-state index contributed by atoms with van der Waals surface area (Å²) in [6, 6.07) is 53.2. The Kier molecular flexibility index (Phi) is 5.47. The first-order valence-electron chi connectivity index (χ1n) is 14.9. The van der Waals surface area contributed by atoms with Crippen molar-refractivity contribution >= 4 is 43.6 Å². The molecule has 3 heterocycles. The van der Waals surface area contributed by atoms with Crippen LogP contribution in [0.5, 0.6) is 0 Å². The fraction of sp³-hybridized carbons (Fsp3) is 0. The Morgan fingerprint density at radius 2 is 1.07 bits per heavy atom. The third-order valence-corrected chi connectivity index (χ3v) is 8.59. The molecule has 0 atom stereocenters. The molecule has 0 aliphatic heterocycles. The van der Waals surface area contributed by atoms with E-state index in [4.69, 9.17) is 9.97 Å². The summed E-state index contributed by atoms with van der Waals surface area (Å²) in [5.74, 6) is 0.664. The van der Waals surface area contributed by atoms with E-state index < -0.39 is 0 Å². The topological polar surface area (TPSA) is 35.6 Å². The maximum absolute atomic E-state index is 5.33. The van der Waals surface area contributed by atoms with Crippen molar-refractivity contribution in [3.63, 3.8) is 0 Å². The first-order chi connectivity index (χ1) is 21.8. The molecule has 0 saturated carbocycles. The average Bonchev–Trinajstić information content (AvgIpc) is 3.68. The zero-order valence-corrected chi connectivity index (χ0v) is 23.8. The van der Waals surface area contributed by atoms with Crippen molar-refractivity contribution < 1.29 is 0 Å². The third kappa shape index (κ3) is 3.78. The smallest absolute Gasteiger partial charge is 0.235 e. The van der Waals surface area contributed by atoms with Crippen molar-refractivity contribution in [3.8, 4) is 34.0 Å². The van der Waals surface area contributed by atoms with Crippen molar-refractivity contribution in [3.05, 3.63) is 158 Å². The molecule has 44 heavy (non-hydrogen) atoms. The lowest BCUT2D eigenvalue weighted by Crippen LogP contribution is -2.03. The molecule has 6 aromatic carbocycles. The van der Waals surface area contributed by atoms with E-state index in [1.54, 1.807) is 0 Å². The van der Waals surface area contributed by atoms with Crippen molar-refractivity contribution in [2.75, 3.05) is 0 Å². The molecule has 0 spiro atoms. The van der Waals surface area contributed by atoms with E-state index in [9.17, 15) is 0 Å². The van der Waals surface area contributed by atoms with Gasteiger partial charge in [-0.1, -0.05) is 115 Å². The molecule has 9 rings (SSSR count). The van der Waals surface area contributed by atoms with Crippen molar-refractivity contribution in [1.82, 2.24) is 19.1 Å². The van der Waals surface area contributed by atoms with Gasteiger partial charge in [-0.05, 0) is 47.5 Å². The van der Waals surface area contributed by atoms with Gasteiger partial charge in [0.2, 0.25) is 5.95 Å². The normalized spacial score (nSPS) is 11.6. The lowest BCUT2D eigenvalue weighted by atomic mass is 10.0. The number of nitrogens with zero attached hydrogens (tertiary/aromatic N) is 4. The molecule has 0 bridgehead atoms. The van der Waals surface area contributed by atoms with E-state index in [1.807, 2.05) is 12.1 Å². The van der Waals surface area contributed by atoms with Crippen LogP contribution in [0.1, 0.15) is 0 Å². The second-order valence-corrected chi connectivity index (χ2v) is 11.1. The summed E-state index contributed by atoms with van der Waals surface area (Å²) in [5.41, 5.74) is 9.75. The summed E-state index contributed by atoms with van der Waals surface area (Å²) >= 11 is 0. The minimum atomic E-state index is 0.664. The van der Waals surface area contributed by atoms with Crippen LogP contribution in [0.4, 0.5) is 0 Å². The zero-order chi connectivity index (χ0) is 29.0. The Morgan fingerprint density at radius 1 is 0.409 bits per heavy atom. The molecule has 0 amide bonds. The van der Waals surface area contributed by atoms with Crippen LogP contribution >= 0.6 is 0 Å². The fourth-order valence-electron chi connectivity index (χ4n) is 6.53. The molecule has 0 aliphatic carbocycles. The highest BCUT2D eigenvalue weighted by Crippen LogP contribution is 2.38. The number of hydrogen-bond acceptors (Lipinski definition) is 2. The molecule has 9 aromatic rings. The second kappa shape index (κ2) is 9.79. The molecule has 0 radical (unpaired) electrons. The molecule has 0 unspecified atom stereocenters. The second-order valence-electron chi connectivity index (χ2n) is 11.1. The zero-order valence-electron chi connectivity index (χ0n) is 23.8. The van der Waals surface area contributed by atoms with Gasteiger partial charge in [-0.2, -0.15) is 0 Å². The molecule has 3 aromatic heterocycles. The van der Waals surface area contributed by atoms with E-state index in [1.165, 1.54) is 21.9 Å². The van der Waals surface area contributed by atoms with Gasteiger partial charge in [-0.25, -0.2) is 9.97 Å². The quantitative estimate of drug-likeness (QED) is 0.214. The molecule has 4 nitrogen and oxygen atoms in total. The molecule has 0 saturated heterocycles. The highest BCUT2D eigenvalue weighted by Gasteiger charge is 2.20. The van der Waals surface area contributed by atoms with Crippen LogP contribution in [-0.2, 0) is 0 Å². The van der Waals surface area contributed by atoms with Crippen LogP contribution in [0.15, 0.2) is 158 Å². The monoisotopic (exact) mass is 562 g/mol. The van der Waals surface area contributed by atoms with E-state index in [2.05, 4.69) is 155 Å². The molecular formula is C40H26N4. The lowest BCUT2D eigenvalue weighted by Gasteiger charge is -2.13. The van der Waals surface area contributed by atoms with E-state index in [-0.39, 0.29) is 0 Å². The molecule has 0 aliphatic rings. The highest BCUT2D eigenvalue weighted by molar-refractivity contribution is 6.18. The van der Waals surface area contributed by atoms with Gasteiger partial charge in [0, 0.05) is 39.0 Å². The van der Waals surface area contributed by atoms with E-state index in [0.717, 1.165) is 49.8 Å². The summed E-state index contributed by atoms with van der Waals surface area (Å²) in [7, 11) is 0. The van der Waals surface area contributed by atoms with E-state index >= 15 is 0 Å². The Hall–Kier alpha value is -6.00. The first kappa shape index (κ1) is 24.6. The van der Waals surface area contributed by atoms with Crippen LogP contribution in [-0.4, -0.2) is 19.1 Å². The Balaban J connectivity index is 1.31. The van der Waals surface area contributed by atoms with Gasteiger partial charge in [-0.3, -0.25) is 4.57 Å². The number of benzene rings is 6.